The van der Waals surface area contributed by atoms with Crippen LogP contribution in [0.4, 0.5) is 13.2 Å². The van der Waals surface area contributed by atoms with Crippen molar-refractivity contribution in [2.75, 3.05) is 6.54 Å². The van der Waals surface area contributed by atoms with Crippen LogP contribution in [-0.2, 0) is 12.8 Å². The molecule has 7 heteroatoms. The number of H-pyrrole nitrogens is 1. The third-order valence-corrected chi connectivity index (χ3v) is 1.31. The van der Waals surface area contributed by atoms with Crippen LogP contribution in [0, 0.1) is 0 Å². The molecule has 0 radical (unpaired) electrons. The van der Waals surface area contributed by atoms with Gasteiger partial charge in [0.25, 0.3) is 0 Å². The Balaban J connectivity index is 2.59. The molecule has 1 aromatic heterocycles. The number of hydrogen-bond donors (Lipinski definition) is 2. The average Bonchev–Trinajstić information content (AvgIpc) is 2.33. The lowest BCUT2D eigenvalue weighted by molar-refractivity contribution is -0.128. The minimum Gasteiger partial charge on any atom is -0.330 e. The first-order valence-electron chi connectivity index (χ1n) is 3.68. The first kappa shape index (κ1) is 9.97. The summed E-state index contributed by atoms with van der Waals surface area (Å²) in [7, 11) is 0. The van der Waals surface area contributed by atoms with Crippen molar-refractivity contribution in [3.05, 3.63) is 11.6 Å². The van der Waals surface area contributed by atoms with Gasteiger partial charge in [0.15, 0.2) is 5.82 Å². The zero-order chi connectivity index (χ0) is 9.90. The van der Waals surface area contributed by atoms with Gasteiger partial charge in [0.2, 0.25) is 0 Å². The maximum absolute atomic E-state index is 11.8. The predicted molar refractivity (Wildman–Crippen MR) is 38.9 cm³/mol. The molecular formula is C6H9F3N4. The number of nitrogens with two attached hydrogens (primary N) is 1. The van der Waals surface area contributed by atoms with Gasteiger partial charge in [-0.1, -0.05) is 0 Å². The molecule has 0 aromatic carbocycles. The van der Waals surface area contributed by atoms with E-state index in [4.69, 9.17) is 5.73 Å². The second-order valence-electron chi connectivity index (χ2n) is 2.53. The third kappa shape index (κ3) is 3.41. The molecule has 3 N–H and O–H groups in total. The Kier molecular flexibility index (Phi) is 2.86. The van der Waals surface area contributed by atoms with Gasteiger partial charge in [-0.3, -0.25) is 5.10 Å². The van der Waals surface area contributed by atoms with Crippen molar-refractivity contribution in [2.45, 2.75) is 19.0 Å². The molecule has 0 amide bonds. The standard InChI is InChI=1S/C6H9F3N4/c7-6(8,9)3-5-11-4(1-2-10)12-13-5/h1-3,10H2,(H,11,12,13). The van der Waals surface area contributed by atoms with E-state index in [1.54, 1.807) is 0 Å². The number of halogens is 3. The third-order valence-electron chi connectivity index (χ3n) is 1.31. The summed E-state index contributed by atoms with van der Waals surface area (Å²) in [4.78, 5) is 3.62. The fourth-order valence-corrected chi connectivity index (χ4v) is 0.845. The first-order valence-corrected chi connectivity index (χ1v) is 3.68. The van der Waals surface area contributed by atoms with Gasteiger partial charge in [-0.15, -0.1) is 0 Å². The molecule has 0 saturated carbocycles. The highest BCUT2D eigenvalue weighted by atomic mass is 19.4. The molecule has 0 fully saturated rings. The van der Waals surface area contributed by atoms with E-state index in [2.05, 4.69) is 15.2 Å². The van der Waals surface area contributed by atoms with Crippen LogP contribution in [0.1, 0.15) is 11.6 Å². The molecule has 0 aliphatic carbocycles. The van der Waals surface area contributed by atoms with Crippen molar-refractivity contribution >= 4 is 0 Å². The Morgan fingerprint density at radius 1 is 1.38 bits per heavy atom. The summed E-state index contributed by atoms with van der Waals surface area (Å²) in [6.45, 7) is 0.323. The maximum Gasteiger partial charge on any atom is 0.396 e. The van der Waals surface area contributed by atoms with Crippen LogP contribution >= 0.6 is 0 Å². The minimum atomic E-state index is -4.25. The largest absolute Gasteiger partial charge is 0.396 e. The fraction of sp³-hybridized carbons (Fsp3) is 0.667. The van der Waals surface area contributed by atoms with E-state index in [9.17, 15) is 13.2 Å². The zero-order valence-electron chi connectivity index (χ0n) is 6.73. The van der Waals surface area contributed by atoms with Gasteiger partial charge in [0, 0.05) is 6.42 Å². The number of hydrogen-bond acceptors (Lipinski definition) is 3. The molecule has 0 aliphatic rings. The number of rotatable bonds is 3. The molecule has 0 unspecified atom stereocenters. The molecule has 1 heterocycles. The van der Waals surface area contributed by atoms with Crippen LogP contribution in [0.15, 0.2) is 0 Å². The van der Waals surface area contributed by atoms with Crippen molar-refractivity contribution in [2.24, 2.45) is 5.73 Å². The number of aromatic nitrogens is 3. The normalized spacial score (nSPS) is 12.0. The lowest BCUT2D eigenvalue weighted by atomic mass is 10.4. The molecule has 13 heavy (non-hydrogen) atoms. The monoisotopic (exact) mass is 194 g/mol. The van der Waals surface area contributed by atoms with E-state index in [0.29, 0.717) is 18.8 Å². The van der Waals surface area contributed by atoms with Gasteiger partial charge in [0.05, 0.1) is 0 Å². The summed E-state index contributed by atoms with van der Waals surface area (Å²) >= 11 is 0. The topological polar surface area (TPSA) is 67.6 Å². The number of nitrogens with one attached hydrogen (secondary N) is 1. The summed E-state index contributed by atoms with van der Waals surface area (Å²) in [5.41, 5.74) is 5.18. The Hall–Kier alpha value is -1.11. The summed E-state index contributed by atoms with van der Waals surface area (Å²) in [6, 6.07) is 0. The number of aromatic amines is 1. The maximum atomic E-state index is 11.8. The van der Waals surface area contributed by atoms with Gasteiger partial charge in [-0.25, -0.2) is 4.98 Å². The number of nitrogens with zero attached hydrogens (tertiary/aromatic N) is 2. The van der Waals surface area contributed by atoms with Gasteiger partial charge in [-0.2, -0.15) is 18.3 Å². The van der Waals surface area contributed by atoms with E-state index in [-0.39, 0.29) is 5.82 Å². The highest BCUT2D eigenvalue weighted by Crippen LogP contribution is 2.18. The van der Waals surface area contributed by atoms with E-state index in [0.717, 1.165) is 0 Å². The molecule has 0 spiro atoms. The molecule has 1 aromatic rings. The van der Waals surface area contributed by atoms with Gasteiger partial charge in [-0.05, 0) is 6.54 Å². The van der Waals surface area contributed by atoms with Gasteiger partial charge < -0.3 is 5.73 Å². The summed E-state index contributed by atoms with van der Waals surface area (Å²) in [5, 5.41) is 5.78. The Labute approximate surface area is 72.3 Å². The second kappa shape index (κ2) is 3.73. The summed E-state index contributed by atoms with van der Waals surface area (Å²) in [6.07, 6.45) is -4.95. The van der Waals surface area contributed by atoms with Crippen LogP contribution in [0.2, 0.25) is 0 Å². The van der Waals surface area contributed by atoms with Crippen molar-refractivity contribution in [1.29, 1.82) is 0 Å². The van der Waals surface area contributed by atoms with Crippen molar-refractivity contribution < 1.29 is 13.2 Å². The minimum absolute atomic E-state index is 0.170. The zero-order valence-corrected chi connectivity index (χ0v) is 6.73. The molecular weight excluding hydrogens is 185 g/mol. The van der Waals surface area contributed by atoms with E-state index < -0.39 is 12.6 Å². The Morgan fingerprint density at radius 3 is 2.62 bits per heavy atom. The van der Waals surface area contributed by atoms with Gasteiger partial charge in [0.1, 0.15) is 12.2 Å². The highest BCUT2D eigenvalue weighted by molar-refractivity contribution is 4.92. The molecule has 4 nitrogen and oxygen atoms in total. The van der Waals surface area contributed by atoms with Crippen molar-refractivity contribution in [3.63, 3.8) is 0 Å². The SMILES string of the molecule is NCCc1n[nH]c(CC(F)(F)F)n1. The van der Waals surface area contributed by atoms with Crippen LogP contribution in [0.3, 0.4) is 0 Å². The van der Waals surface area contributed by atoms with Gasteiger partial charge >= 0.3 is 6.18 Å². The summed E-state index contributed by atoms with van der Waals surface area (Å²) in [5.74, 6) is 0.151. The smallest absolute Gasteiger partial charge is 0.330 e. The Bertz CT molecular complexity index is 267. The van der Waals surface area contributed by atoms with Crippen LogP contribution < -0.4 is 5.73 Å². The highest BCUT2D eigenvalue weighted by Gasteiger charge is 2.29. The molecule has 0 saturated heterocycles. The van der Waals surface area contributed by atoms with E-state index in [1.165, 1.54) is 0 Å². The van der Waals surface area contributed by atoms with E-state index >= 15 is 0 Å². The quantitative estimate of drug-likeness (QED) is 0.732. The van der Waals surface area contributed by atoms with E-state index in [1.807, 2.05) is 0 Å². The van der Waals surface area contributed by atoms with Crippen LogP contribution in [0.25, 0.3) is 0 Å². The number of alkyl halides is 3. The summed E-state index contributed by atoms with van der Waals surface area (Å²) < 4.78 is 35.5. The lowest BCUT2D eigenvalue weighted by Crippen LogP contribution is -2.12. The Morgan fingerprint density at radius 2 is 2.08 bits per heavy atom. The molecule has 1 rings (SSSR count). The molecule has 0 atom stereocenters. The second-order valence-corrected chi connectivity index (χ2v) is 2.53. The first-order chi connectivity index (χ1) is 6.01. The van der Waals surface area contributed by atoms with Crippen LogP contribution in [0.5, 0.6) is 0 Å². The predicted octanol–water partition coefficient (Wildman–Crippen LogP) is 0.411. The molecule has 0 aliphatic heterocycles. The van der Waals surface area contributed by atoms with Crippen LogP contribution in [-0.4, -0.2) is 27.9 Å². The molecule has 74 valence electrons. The molecule has 0 bridgehead atoms. The fourth-order valence-electron chi connectivity index (χ4n) is 0.845. The lowest BCUT2D eigenvalue weighted by Gasteiger charge is -2.00. The average molecular weight is 194 g/mol. The van der Waals surface area contributed by atoms with Crippen molar-refractivity contribution in [1.82, 2.24) is 15.2 Å². The van der Waals surface area contributed by atoms with Crippen molar-refractivity contribution in [3.8, 4) is 0 Å².